The molecule has 1 aromatic rings. The minimum Gasteiger partial charge on any atom is -0.495 e. The number of anilines is 1. The van der Waals surface area contributed by atoms with E-state index in [0.717, 1.165) is 37.6 Å². The highest BCUT2D eigenvalue weighted by Crippen LogP contribution is 2.29. The van der Waals surface area contributed by atoms with E-state index in [1.54, 1.807) is 7.11 Å². The minimum atomic E-state index is 0.235. The summed E-state index contributed by atoms with van der Waals surface area (Å²) >= 11 is 0. The molecule has 0 bridgehead atoms. The van der Waals surface area contributed by atoms with Crippen molar-refractivity contribution < 1.29 is 9.47 Å². The normalized spacial score (nSPS) is 20.4. The first-order valence-corrected chi connectivity index (χ1v) is 6.04. The number of para-hydroxylation sites is 2. The molecule has 0 radical (unpaired) electrons. The van der Waals surface area contributed by atoms with Crippen molar-refractivity contribution in [1.82, 2.24) is 0 Å². The van der Waals surface area contributed by atoms with Crippen LogP contribution in [0.3, 0.4) is 0 Å². The quantitative estimate of drug-likeness (QED) is 0.854. The number of rotatable bonds is 4. The second-order valence-corrected chi connectivity index (χ2v) is 4.19. The van der Waals surface area contributed by atoms with E-state index in [2.05, 4.69) is 11.0 Å². The Morgan fingerprint density at radius 3 is 3.06 bits per heavy atom. The molecule has 1 atom stereocenters. The van der Waals surface area contributed by atoms with Crippen LogP contribution in [0.5, 0.6) is 5.75 Å². The van der Waals surface area contributed by atoms with Gasteiger partial charge in [0.15, 0.2) is 0 Å². The van der Waals surface area contributed by atoms with Gasteiger partial charge in [0.25, 0.3) is 0 Å². The van der Waals surface area contributed by atoms with E-state index in [1.165, 1.54) is 0 Å². The zero-order valence-corrected chi connectivity index (χ0v) is 10.3. The molecule has 1 aromatic carbocycles. The molecule has 1 unspecified atom stereocenters. The van der Waals surface area contributed by atoms with Gasteiger partial charge in [-0.25, -0.2) is 0 Å². The smallest absolute Gasteiger partial charge is 0.142 e. The topological polar surface area (TPSA) is 47.7 Å². The van der Waals surface area contributed by atoms with E-state index < -0.39 is 0 Å². The Morgan fingerprint density at radius 2 is 2.29 bits per heavy atom. The number of ether oxygens (including phenoxy) is 2. The maximum atomic E-state index is 5.68. The largest absolute Gasteiger partial charge is 0.495 e. The first-order valence-electron chi connectivity index (χ1n) is 6.04. The molecule has 1 aliphatic rings. The van der Waals surface area contributed by atoms with Crippen LogP contribution in [0.2, 0.25) is 0 Å². The average molecular weight is 236 g/mol. The first kappa shape index (κ1) is 12.2. The monoisotopic (exact) mass is 236 g/mol. The van der Waals surface area contributed by atoms with Gasteiger partial charge in [-0.05, 0) is 25.1 Å². The van der Waals surface area contributed by atoms with E-state index in [9.17, 15) is 0 Å². The van der Waals surface area contributed by atoms with Crippen molar-refractivity contribution in [3.63, 3.8) is 0 Å². The van der Waals surface area contributed by atoms with Gasteiger partial charge in [-0.3, -0.25) is 0 Å². The molecule has 1 fully saturated rings. The molecule has 0 aromatic heterocycles. The van der Waals surface area contributed by atoms with E-state index in [1.807, 2.05) is 18.2 Å². The molecule has 0 spiro atoms. The van der Waals surface area contributed by atoms with Gasteiger partial charge in [0, 0.05) is 13.1 Å². The summed E-state index contributed by atoms with van der Waals surface area (Å²) < 4.78 is 11.1. The number of hydrogen-bond acceptors (Lipinski definition) is 4. The molecule has 1 saturated heterocycles. The molecular weight excluding hydrogens is 216 g/mol. The minimum absolute atomic E-state index is 0.235. The van der Waals surface area contributed by atoms with Crippen molar-refractivity contribution in [3.8, 4) is 5.75 Å². The van der Waals surface area contributed by atoms with Gasteiger partial charge < -0.3 is 20.1 Å². The Labute approximate surface area is 102 Å². The van der Waals surface area contributed by atoms with Crippen molar-refractivity contribution in [1.29, 1.82) is 0 Å². The molecule has 2 N–H and O–H groups in total. The molecule has 4 nitrogen and oxygen atoms in total. The Kier molecular flexibility index (Phi) is 4.23. The van der Waals surface area contributed by atoms with E-state index in [0.29, 0.717) is 6.54 Å². The van der Waals surface area contributed by atoms with Gasteiger partial charge in [-0.2, -0.15) is 0 Å². The van der Waals surface area contributed by atoms with Gasteiger partial charge in [-0.1, -0.05) is 12.1 Å². The third kappa shape index (κ3) is 2.90. The van der Waals surface area contributed by atoms with Crippen LogP contribution in [0.15, 0.2) is 24.3 Å². The van der Waals surface area contributed by atoms with Crippen LogP contribution in [0, 0.1) is 0 Å². The van der Waals surface area contributed by atoms with Crippen molar-refractivity contribution in [2.75, 3.05) is 38.3 Å². The summed E-state index contributed by atoms with van der Waals surface area (Å²) in [5, 5.41) is 0. The fraction of sp³-hybridized carbons (Fsp3) is 0.538. The van der Waals surface area contributed by atoms with Gasteiger partial charge in [0.05, 0.1) is 25.5 Å². The summed E-state index contributed by atoms with van der Waals surface area (Å²) in [5.41, 5.74) is 6.72. The zero-order valence-electron chi connectivity index (χ0n) is 10.3. The molecule has 4 heteroatoms. The van der Waals surface area contributed by atoms with E-state index in [4.69, 9.17) is 15.2 Å². The van der Waals surface area contributed by atoms with Crippen LogP contribution < -0.4 is 15.4 Å². The number of nitrogens with two attached hydrogens (primary N) is 1. The molecule has 1 aliphatic heterocycles. The summed E-state index contributed by atoms with van der Waals surface area (Å²) in [6.45, 7) is 3.21. The summed E-state index contributed by atoms with van der Waals surface area (Å²) in [6, 6.07) is 8.10. The molecule has 0 aliphatic carbocycles. The number of methoxy groups -OCH3 is 1. The second kappa shape index (κ2) is 5.89. The summed E-state index contributed by atoms with van der Waals surface area (Å²) in [6.07, 6.45) is 1.14. The van der Waals surface area contributed by atoms with Crippen LogP contribution in [-0.4, -0.2) is 39.5 Å². The zero-order chi connectivity index (χ0) is 12.1. The van der Waals surface area contributed by atoms with Crippen LogP contribution in [0.4, 0.5) is 5.69 Å². The van der Waals surface area contributed by atoms with E-state index >= 15 is 0 Å². The average Bonchev–Trinajstić information content (AvgIpc) is 2.39. The highest BCUT2D eigenvalue weighted by molar-refractivity contribution is 5.58. The highest BCUT2D eigenvalue weighted by atomic mass is 16.5. The Balaban J connectivity index is 2.10. The van der Waals surface area contributed by atoms with Crippen molar-refractivity contribution in [2.45, 2.75) is 12.5 Å². The molecule has 0 saturated carbocycles. The third-order valence-corrected chi connectivity index (χ3v) is 3.05. The lowest BCUT2D eigenvalue weighted by Gasteiger charge is -2.35. The number of hydrogen-bond donors (Lipinski definition) is 1. The first-order chi connectivity index (χ1) is 8.35. The summed E-state index contributed by atoms with van der Waals surface area (Å²) in [4.78, 5) is 2.31. The van der Waals surface area contributed by atoms with Gasteiger partial charge in [0.1, 0.15) is 5.75 Å². The SMILES string of the molecule is COc1ccccc1N1CCOC(CCN)C1. The summed E-state index contributed by atoms with van der Waals surface area (Å²) in [5.74, 6) is 0.917. The van der Waals surface area contributed by atoms with Crippen molar-refractivity contribution in [2.24, 2.45) is 5.73 Å². The Morgan fingerprint density at radius 1 is 1.47 bits per heavy atom. The maximum Gasteiger partial charge on any atom is 0.142 e. The molecule has 17 heavy (non-hydrogen) atoms. The molecule has 0 amide bonds. The molecular formula is C13H20N2O2. The van der Waals surface area contributed by atoms with Gasteiger partial charge >= 0.3 is 0 Å². The van der Waals surface area contributed by atoms with Crippen molar-refractivity contribution in [3.05, 3.63) is 24.3 Å². The van der Waals surface area contributed by atoms with Crippen molar-refractivity contribution >= 4 is 5.69 Å². The van der Waals surface area contributed by atoms with Crippen LogP contribution in [0.1, 0.15) is 6.42 Å². The maximum absolute atomic E-state index is 5.68. The predicted octanol–water partition coefficient (Wildman–Crippen LogP) is 1.25. The second-order valence-electron chi connectivity index (χ2n) is 4.19. The highest BCUT2D eigenvalue weighted by Gasteiger charge is 2.21. The van der Waals surface area contributed by atoms with Gasteiger partial charge in [-0.15, -0.1) is 0 Å². The Bertz CT molecular complexity index is 355. The molecule has 1 heterocycles. The molecule has 94 valence electrons. The van der Waals surface area contributed by atoms with Crippen LogP contribution in [0.25, 0.3) is 0 Å². The summed E-state index contributed by atoms with van der Waals surface area (Å²) in [7, 11) is 1.71. The lowest BCUT2D eigenvalue weighted by Crippen LogP contribution is -2.43. The standard InChI is InChI=1S/C13H20N2O2/c1-16-13-5-3-2-4-12(13)15-8-9-17-11(10-15)6-7-14/h2-5,11H,6-10,14H2,1H3. The number of morpholine rings is 1. The lowest BCUT2D eigenvalue weighted by molar-refractivity contribution is 0.0367. The molecule has 2 rings (SSSR count). The predicted molar refractivity (Wildman–Crippen MR) is 68.6 cm³/mol. The Hall–Kier alpha value is -1.26. The van der Waals surface area contributed by atoms with Crippen LogP contribution >= 0.6 is 0 Å². The van der Waals surface area contributed by atoms with Crippen LogP contribution in [-0.2, 0) is 4.74 Å². The number of benzene rings is 1. The van der Waals surface area contributed by atoms with E-state index in [-0.39, 0.29) is 6.10 Å². The fourth-order valence-corrected chi connectivity index (χ4v) is 2.19. The third-order valence-electron chi connectivity index (χ3n) is 3.05. The number of nitrogens with zero attached hydrogens (tertiary/aromatic N) is 1. The fourth-order valence-electron chi connectivity index (χ4n) is 2.19. The lowest BCUT2D eigenvalue weighted by atomic mass is 10.1. The van der Waals surface area contributed by atoms with Gasteiger partial charge in [0.2, 0.25) is 0 Å².